The summed E-state index contributed by atoms with van der Waals surface area (Å²) in [4.78, 5) is 34.1. The summed E-state index contributed by atoms with van der Waals surface area (Å²) >= 11 is 0. The van der Waals surface area contributed by atoms with E-state index in [4.69, 9.17) is 18.6 Å². The minimum absolute atomic E-state index is 0.0994. The van der Waals surface area contributed by atoms with Crippen LogP contribution in [0.4, 0.5) is 6.01 Å². The van der Waals surface area contributed by atoms with Crippen LogP contribution in [0.1, 0.15) is 36.2 Å². The van der Waals surface area contributed by atoms with Gasteiger partial charge in [-0.05, 0) is 42.2 Å². The van der Waals surface area contributed by atoms with Crippen LogP contribution in [0.15, 0.2) is 59.3 Å². The van der Waals surface area contributed by atoms with Crippen molar-refractivity contribution in [3.63, 3.8) is 0 Å². The quantitative estimate of drug-likeness (QED) is 0.538. The molecular weight excluding hydrogens is 500 g/mol. The number of nitrogens with zero attached hydrogens (tertiary/aromatic N) is 3. The van der Waals surface area contributed by atoms with E-state index in [0.717, 1.165) is 5.56 Å². The van der Waals surface area contributed by atoms with Crippen molar-refractivity contribution in [3.05, 3.63) is 66.1 Å². The third kappa shape index (κ3) is 6.69. The van der Waals surface area contributed by atoms with Crippen molar-refractivity contribution in [1.29, 1.82) is 0 Å². The summed E-state index contributed by atoms with van der Waals surface area (Å²) in [5.41, 5.74) is 1.30. The maximum absolute atomic E-state index is 13.4. The van der Waals surface area contributed by atoms with E-state index in [-0.39, 0.29) is 30.5 Å². The Kier molecular flexibility index (Phi) is 8.02. The van der Waals surface area contributed by atoms with Gasteiger partial charge in [-0.1, -0.05) is 26.0 Å². The molecule has 0 unspecified atom stereocenters. The molecule has 206 valence electrons. The van der Waals surface area contributed by atoms with Crippen molar-refractivity contribution < 1.29 is 28.2 Å². The number of carbonyl (C=O) groups excluding carboxylic acids is 2. The Morgan fingerprint density at radius 1 is 1.15 bits per heavy atom. The molecule has 1 aromatic heterocycles. The smallest absolute Gasteiger partial charge is 0.297 e. The number of fused-ring (bicyclic) bond motifs is 5. The molecule has 10 heteroatoms. The summed E-state index contributed by atoms with van der Waals surface area (Å²) in [7, 11) is 1.61. The Morgan fingerprint density at radius 3 is 2.82 bits per heavy atom. The zero-order valence-electron chi connectivity index (χ0n) is 22.5. The lowest BCUT2D eigenvalue weighted by Gasteiger charge is -2.38. The first kappa shape index (κ1) is 26.6. The Labute approximate surface area is 227 Å². The molecule has 1 N–H and O–H groups in total. The number of carbonyl (C=O) groups is 2. The summed E-state index contributed by atoms with van der Waals surface area (Å²) in [5, 5.41) is 3.09. The van der Waals surface area contributed by atoms with E-state index < -0.39 is 0 Å². The van der Waals surface area contributed by atoms with Crippen LogP contribution in [0.3, 0.4) is 0 Å². The lowest BCUT2D eigenvalue weighted by Crippen LogP contribution is -2.56. The van der Waals surface area contributed by atoms with E-state index in [1.165, 1.54) is 11.2 Å². The van der Waals surface area contributed by atoms with E-state index in [9.17, 15) is 9.59 Å². The van der Waals surface area contributed by atoms with Crippen LogP contribution < -0.4 is 19.7 Å². The van der Waals surface area contributed by atoms with Gasteiger partial charge in [0, 0.05) is 25.2 Å². The zero-order chi connectivity index (χ0) is 27.4. The Morgan fingerprint density at radius 2 is 2.03 bits per heavy atom. The van der Waals surface area contributed by atoms with Crippen molar-refractivity contribution in [1.82, 2.24) is 15.2 Å². The molecule has 2 amide bonds. The fourth-order valence-electron chi connectivity index (χ4n) is 4.69. The Balaban J connectivity index is 1.44. The molecule has 3 heterocycles. The van der Waals surface area contributed by atoms with Gasteiger partial charge in [-0.3, -0.25) is 9.59 Å². The lowest BCUT2D eigenvalue weighted by atomic mass is 10.0. The first-order valence-corrected chi connectivity index (χ1v) is 13.2. The van der Waals surface area contributed by atoms with Crippen molar-refractivity contribution >= 4 is 17.8 Å². The highest BCUT2D eigenvalue weighted by atomic mass is 16.5. The number of benzene rings is 2. The van der Waals surface area contributed by atoms with Gasteiger partial charge in [-0.2, -0.15) is 0 Å². The van der Waals surface area contributed by atoms with Crippen LogP contribution in [0.2, 0.25) is 0 Å². The molecule has 39 heavy (non-hydrogen) atoms. The van der Waals surface area contributed by atoms with Crippen molar-refractivity contribution in [2.75, 3.05) is 38.2 Å². The van der Waals surface area contributed by atoms with E-state index in [1.54, 1.807) is 31.4 Å². The molecule has 0 saturated carbocycles. The van der Waals surface area contributed by atoms with Gasteiger partial charge in [0.25, 0.3) is 11.9 Å². The number of hydrogen-bond acceptors (Lipinski definition) is 8. The molecule has 0 radical (unpaired) electrons. The predicted molar refractivity (Wildman–Crippen MR) is 144 cm³/mol. The fraction of sp³-hybridized carbons (Fsp3) is 0.414. The largest absolute Gasteiger partial charge is 0.493 e. The van der Waals surface area contributed by atoms with Crippen LogP contribution in [-0.4, -0.2) is 67.1 Å². The summed E-state index contributed by atoms with van der Waals surface area (Å²) in [6.45, 7) is 5.98. The van der Waals surface area contributed by atoms with E-state index in [0.29, 0.717) is 67.5 Å². The predicted octanol–water partition coefficient (Wildman–Crippen LogP) is 3.87. The number of oxazole rings is 1. The number of rotatable bonds is 4. The SMILES string of the molecule is CC(C)COc1cc2cc(c1)C(=O)N(C)CC(=O)N[C@H]1CCN(c3ncco3)C[C@@H]1OCc1cccc(c1)O2. The molecule has 0 spiro atoms. The first-order chi connectivity index (χ1) is 18.8. The van der Waals surface area contributed by atoms with Crippen molar-refractivity contribution in [3.8, 4) is 17.2 Å². The molecule has 1 fully saturated rings. The van der Waals surface area contributed by atoms with Gasteiger partial charge >= 0.3 is 0 Å². The highest BCUT2D eigenvalue weighted by Gasteiger charge is 2.33. The highest BCUT2D eigenvalue weighted by molar-refractivity contribution is 5.97. The highest BCUT2D eigenvalue weighted by Crippen LogP contribution is 2.30. The average molecular weight is 535 g/mol. The Bertz CT molecular complexity index is 1290. The number of ether oxygens (including phenoxy) is 3. The van der Waals surface area contributed by atoms with E-state index in [2.05, 4.69) is 24.1 Å². The fourth-order valence-corrected chi connectivity index (χ4v) is 4.69. The molecule has 3 aromatic rings. The topological polar surface area (TPSA) is 106 Å². The van der Waals surface area contributed by atoms with Crippen molar-refractivity contribution in [2.45, 2.75) is 39.0 Å². The lowest BCUT2D eigenvalue weighted by molar-refractivity contribution is -0.123. The molecule has 2 atom stereocenters. The average Bonchev–Trinajstić information content (AvgIpc) is 3.45. The van der Waals surface area contributed by atoms with Crippen LogP contribution in [0.25, 0.3) is 0 Å². The second-order valence-corrected chi connectivity index (χ2v) is 10.4. The van der Waals surface area contributed by atoms with Crippen LogP contribution in [0.5, 0.6) is 17.2 Å². The number of hydrogen-bond donors (Lipinski definition) is 1. The normalized spacial score (nSPS) is 20.3. The van der Waals surface area contributed by atoms with Crippen LogP contribution in [0, 0.1) is 5.92 Å². The number of anilines is 1. The molecule has 10 nitrogen and oxygen atoms in total. The van der Waals surface area contributed by atoms with E-state index >= 15 is 0 Å². The zero-order valence-corrected chi connectivity index (χ0v) is 22.5. The Hall–Kier alpha value is -4.05. The van der Waals surface area contributed by atoms with Crippen molar-refractivity contribution in [2.24, 2.45) is 5.92 Å². The maximum atomic E-state index is 13.4. The number of nitrogens with one attached hydrogen (secondary N) is 1. The van der Waals surface area contributed by atoms with Gasteiger partial charge in [-0.25, -0.2) is 4.98 Å². The van der Waals surface area contributed by atoms with Gasteiger partial charge in [-0.15, -0.1) is 0 Å². The molecule has 2 aromatic carbocycles. The molecule has 2 aliphatic heterocycles. The van der Waals surface area contributed by atoms with Crippen LogP contribution in [-0.2, 0) is 16.1 Å². The second kappa shape index (κ2) is 11.8. The third-order valence-electron chi connectivity index (χ3n) is 6.63. The molecule has 0 aliphatic carbocycles. The minimum atomic E-state index is -0.318. The number of amides is 2. The van der Waals surface area contributed by atoms with Gasteiger partial charge in [0.15, 0.2) is 0 Å². The van der Waals surface area contributed by atoms with E-state index in [1.807, 2.05) is 29.2 Å². The first-order valence-electron chi connectivity index (χ1n) is 13.2. The molecule has 2 aliphatic rings. The summed E-state index contributed by atoms with van der Waals surface area (Å²) < 4.78 is 23.9. The van der Waals surface area contributed by atoms with Gasteiger partial charge in [0.05, 0.1) is 44.6 Å². The molecule has 4 bridgehead atoms. The second-order valence-electron chi connectivity index (χ2n) is 10.4. The summed E-state index contributed by atoms with van der Waals surface area (Å²) in [6.07, 6.45) is 3.46. The number of aromatic nitrogens is 1. The molecular formula is C29H34N4O6. The van der Waals surface area contributed by atoms with Gasteiger partial charge in [0.1, 0.15) is 23.5 Å². The number of piperidine rings is 1. The summed E-state index contributed by atoms with van der Waals surface area (Å²) in [6, 6.07) is 13.0. The third-order valence-corrected chi connectivity index (χ3v) is 6.63. The maximum Gasteiger partial charge on any atom is 0.297 e. The molecule has 5 rings (SSSR count). The minimum Gasteiger partial charge on any atom is -0.493 e. The van der Waals surface area contributed by atoms with Gasteiger partial charge in [0.2, 0.25) is 5.91 Å². The van der Waals surface area contributed by atoms with Crippen LogP contribution >= 0.6 is 0 Å². The standard InChI is InChI=1S/C29H34N4O6/c1-19(2)17-37-23-12-21-13-24(14-23)39-22-6-4-5-20(11-22)18-38-26-15-33(29-30-8-10-36-29)9-7-25(26)31-27(34)16-32(3)28(21)35/h4-6,8,10-14,19,25-26H,7,9,15-18H2,1-3H3,(H,31,34)/t25-,26-/m0/s1. The monoisotopic (exact) mass is 534 g/mol. The van der Waals surface area contributed by atoms with Gasteiger partial charge < -0.3 is 33.7 Å². The summed E-state index contributed by atoms with van der Waals surface area (Å²) in [5.74, 6) is 1.36. The number of likely N-dealkylation sites (N-methyl/N-ethyl adjacent to an activating group) is 1. The molecule has 1 saturated heterocycles.